The predicted molar refractivity (Wildman–Crippen MR) is 89.1 cm³/mol. The highest BCUT2D eigenvalue weighted by molar-refractivity contribution is 14.1. The Morgan fingerprint density at radius 2 is 1.12 bits per heavy atom. The van der Waals surface area contributed by atoms with E-state index in [-0.39, 0.29) is 0 Å². The molecule has 0 nitrogen and oxygen atoms in total. The van der Waals surface area contributed by atoms with Crippen molar-refractivity contribution in [3.8, 4) is 0 Å². The van der Waals surface area contributed by atoms with Crippen molar-refractivity contribution in [1.29, 1.82) is 0 Å². The minimum Gasteiger partial charge on any atom is -0.0826 e. The van der Waals surface area contributed by atoms with E-state index in [1.54, 1.807) is 0 Å². The molecule has 0 aliphatic rings. The van der Waals surface area contributed by atoms with Gasteiger partial charge < -0.3 is 0 Å². The van der Waals surface area contributed by atoms with Crippen molar-refractivity contribution >= 4 is 22.6 Å². The molecule has 0 heterocycles. The molecule has 0 saturated carbocycles. The molecule has 0 spiro atoms. The highest BCUT2D eigenvalue weighted by atomic mass is 127. The third-order valence-electron chi connectivity index (χ3n) is 3.49. The topological polar surface area (TPSA) is 0 Å². The zero-order valence-electron chi connectivity index (χ0n) is 12.3. The van der Waals surface area contributed by atoms with Crippen molar-refractivity contribution in [1.82, 2.24) is 0 Å². The molecule has 1 heteroatoms. The minimum atomic E-state index is 0.898. The Labute approximate surface area is 123 Å². The standard InChI is InChI=1S/C16H33I/c1-4-16(17)14-12-10-8-6-5-7-9-11-13-15(2)3/h15-16H,4-14H2,1-3H3. The number of halogens is 1. The van der Waals surface area contributed by atoms with Crippen molar-refractivity contribution in [3.63, 3.8) is 0 Å². The Morgan fingerprint density at radius 3 is 1.53 bits per heavy atom. The fourth-order valence-electron chi connectivity index (χ4n) is 2.18. The van der Waals surface area contributed by atoms with Crippen LogP contribution in [0.15, 0.2) is 0 Å². The van der Waals surface area contributed by atoms with Gasteiger partial charge in [0.05, 0.1) is 0 Å². The van der Waals surface area contributed by atoms with Gasteiger partial charge in [0.15, 0.2) is 0 Å². The number of rotatable bonds is 12. The fraction of sp³-hybridized carbons (Fsp3) is 1.00. The van der Waals surface area contributed by atoms with E-state index < -0.39 is 0 Å². The van der Waals surface area contributed by atoms with Gasteiger partial charge in [-0.3, -0.25) is 0 Å². The molecule has 0 radical (unpaired) electrons. The molecule has 104 valence electrons. The zero-order chi connectivity index (χ0) is 12.9. The van der Waals surface area contributed by atoms with Gasteiger partial charge in [-0.1, -0.05) is 101 Å². The van der Waals surface area contributed by atoms with Crippen LogP contribution < -0.4 is 0 Å². The second kappa shape index (κ2) is 13.2. The van der Waals surface area contributed by atoms with Crippen molar-refractivity contribution < 1.29 is 0 Å². The van der Waals surface area contributed by atoms with Gasteiger partial charge in [0.1, 0.15) is 0 Å². The minimum absolute atomic E-state index is 0.898. The molecule has 0 saturated heterocycles. The maximum Gasteiger partial charge on any atom is 0.0107 e. The summed E-state index contributed by atoms with van der Waals surface area (Å²) in [5.41, 5.74) is 0. The van der Waals surface area contributed by atoms with Gasteiger partial charge in [0.2, 0.25) is 0 Å². The van der Waals surface area contributed by atoms with E-state index in [4.69, 9.17) is 0 Å². The van der Waals surface area contributed by atoms with E-state index in [1.807, 2.05) is 0 Å². The average molecular weight is 352 g/mol. The lowest BCUT2D eigenvalue weighted by Crippen LogP contribution is -1.94. The number of alkyl halides is 1. The highest BCUT2D eigenvalue weighted by Crippen LogP contribution is 2.16. The first-order chi connectivity index (χ1) is 8.16. The van der Waals surface area contributed by atoms with Crippen LogP contribution in [0.5, 0.6) is 0 Å². The molecular formula is C16H33I. The second-order valence-corrected chi connectivity index (χ2v) is 7.57. The van der Waals surface area contributed by atoms with E-state index in [0.29, 0.717) is 0 Å². The molecule has 0 aliphatic heterocycles. The Morgan fingerprint density at radius 1 is 0.706 bits per heavy atom. The summed E-state index contributed by atoms with van der Waals surface area (Å²) in [5.74, 6) is 0.898. The first-order valence-electron chi connectivity index (χ1n) is 7.80. The third kappa shape index (κ3) is 14.7. The average Bonchev–Trinajstić information content (AvgIpc) is 2.30. The summed E-state index contributed by atoms with van der Waals surface area (Å²) in [7, 11) is 0. The zero-order valence-corrected chi connectivity index (χ0v) is 14.5. The van der Waals surface area contributed by atoms with Gasteiger partial charge in [-0.15, -0.1) is 0 Å². The Balaban J connectivity index is 2.99. The maximum atomic E-state index is 2.59. The van der Waals surface area contributed by atoms with Crippen LogP contribution >= 0.6 is 22.6 Å². The lowest BCUT2D eigenvalue weighted by atomic mass is 10.0. The van der Waals surface area contributed by atoms with E-state index in [0.717, 1.165) is 9.84 Å². The van der Waals surface area contributed by atoms with Gasteiger partial charge in [-0.25, -0.2) is 0 Å². The molecule has 0 N–H and O–H groups in total. The Kier molecular flexibility index (Phi) is 13.7. The first-order valence-corrected chi connectivity index (χ1v) is 9.05. The fourth-order valence-corrected chi connectivity index (χ4v) is 2.62. The molecule has 0 bridgehead atoms. The van der Waals surface area contributed by atoms with Crippen molar-refractivity contribution in [2.45, 2.75) is 95.3 Å². The summed E-state index contributed by atoms with van der Waals surface area (Å²) in [6.07, 6.45) is 15.9. The van der Waals surface area contributed by atoms with E-state index in [1.165, 1.54) is 70.6 Å². The van der Waals surface area contributed by atoms with Gasteiger partial charge in [0, 0.05) is 3.92 Å². The van der Waals surface area contributed by atoms with Crippen LogP contribution in [-0.2, 0) is 0 Å². The highest BCUT2D eigenvalue weighted by Gasteiger charge is 1.99. The maximum absolute atomic E-state index is 2.59. The number of hydrogen-bond acceptors (Lipinski definition) is 0. The molecule has 0 amide bonds. The smallest absolute Gasteiger partial charge is 0.0107 e. The van der Waals surface area contributed by atoms with Crippen LogP contribution in [-0.4, -0.2) is 3.92 Å². The molecule has 17 heavy (non-hydrogen) atoms. The summed E-state index contributed by atoms with van der Waals surface area (Å²) >= 11 is 2.59. The third-order valence-corrected chi connectivity index (χ3v) is 5.00. The Hall–Kier alpha value is 0.730. The molecule has 0 aromatic rings. The SMILES string of the molecule is CCC(I)CCCCCCCCCCC(C)C. The number of unbranched alkanes of at least 4 members (excludes halogenated alkanes) is 7. The van der Waals surface area contributed by atoms with Crippen LogP contribution in [0.2, 0.25) is 0 Å². The normalized spacial score (nSPS) is 13.2. The lowest BCUT2D eigenvalue weighted by molar-refractivity contribution is 0.505. The van der Waals surface area contributed by atoms with Gasteiger partial charge in [-0.2, -0.15) is 0 Å². The predicted octanol–water partition coefficient (Wildman–Crippen LogP) is 6.76. The summed E-state index contributed by atoms with van der Waals surface area (Å²) in [6, 6.07) is 0. The monoisotopic (exact) mass is 352 g/mol. The van der Waals surface area contributed by atoms with E-state index >= 15 is 0 Å². The van der Waals surface area contributed by atoms with E-state index in [2.05, 4.69) is 43.4 Å². The van der Waals surface area contributed by atoms with Crippen LogP contribution in [0.3, 0.4) is 0 Å². The molecule has 0 fully saturated rings. The molecule has 0 rings (SSSR count). The summed E-state index contributed by atoms with van der Waals surface area (Å²) in [6.45, 7) is 6.96. The van der Waals surface area contributed by atoms with Crippen LogP contribution in [0.1, 0.15) is 91.4 Å². The lowest BCUT2D eigenvalue weighted by Gasteiger charge is -2.06. The van der Waals surface area contributed by atoms with Gasteiger partial charge in [0.25, 0.3) is 0 Å². The molecule has 0 aromatic heterocycles. The molecule has 0 aromatic carbocycles. The quantitative estimate of drug-likeness (QED) is 0.207. The summed E-state index contributed by atoms with van der Waals surface area (Å²) in [4.78, 5) is 0. The van der Waals surface area contributed by atoms with Crippen LogP contribution in [0.4, 0.5) is 0 Å². The van der Waals surface area contributed by atoms with E-state index in [9.17, 15) is 0 Å². The first kappa shape index (κ1) is 17.7. The molecule has 1 atom stereocenters. The summed E-state index contributed by atoms with van der Waals surface area (Å²) < 4.78 is 0.920. The van der Waals surface area contributed by atoms with Crippen LogP contribution in [0, 0.1) is 5.92 Å². The van der Waals surface area contributed by atoms with Crippen LogP contribution in [0.25, 0.3) is 0 Å². The van der Waals surface area contributed by atoms with Crippen molar-refractivity contribution in [3.05, 3.63) is 0 Å². The van der Waals surface area contributed by atoms with Gasteiger partial charge in [-0.05, 0) is 18.8 Å². The van der Waals surface area contributed by atoms with Gasteiger partial charge >= 0.3 is 0 Å². The number of hydrogen-bond donors (Lipinski definition) is 0. The largest absolute Gasteiger partial charge is 0.0826 e. The van der Waals surface area contributed by atoms with Crippen molar-refractivity contribution in [2.75, 3.05) is 0 Å². The Bertz CT molecular complexity index is 142. The van der Waals surface area contributed by atoms with Crippen molar-refractivity contribution in [2.24, 2.45) is 5.92 Å². The second-order valence-electron chi connectivity index (χ2n) is 5.81. The molecule has 1 unspecified atom stereocenters. The molecular weight excluding hydrogens is 319 g/mol. The molecule has 0 aliphatic carbocycles. The summed E-state index contributed by atoms with van der Waals surface area (Å²) in [5, 5.41) is 0.